The Morgan fingerprint density at radius 2 is 2.09 bits per heavy atom. The zero-order chi connectivity index (χ0) is 8.43. The first-order valence-corrected chi connectivity index (χ1v) is 4.42. The Kier molecular flexibility index (Phi) is 2.66. The van der Waals surface area contributed by atoms with Crippen LogP contribution in [-0.2, 0) is 0 Å². The monoisotopic (exact) mass is 154 g/mol. The van der Waals surface area contributed by atoms with Crippen molar-refractivity contribution in [2.24, 2.45) is 4.99 Å². The molecule has 0 amide bonds. The molecule has 2 nitrogen and oxygen atoms in total. The molecule has 1 aliphatic heterocycles. The van der Waals surface area contributed by atoms with Crippen LogP contribution >= 0.6 is 0 Å². The first-order valence-electron chi connectivity index (χ1n) is 4.42. The molecule has 1 aliphatic rings. The predicted molar refractivity (Wildman–Crippen MR) is 49.3 cm³/mol. The van der Waals surface area contributed by atoms with Gasteiger partial charge in [0.25, 0.3) is 0 Å². The quantitative estimate of drug-likeness (QED) is 0.559. The summed E-state index contributed by atoms with van der Waals surface area (Å²) in [5.41, 5.74) is 0. The minimum absolute atomic E-state index is 0.461. The molecule has 0 aliphatic carbocycles. The van der Waals surface area contributed by atoms with Crippen LogP contribution in [-0.4, -0.2) is 36.3 Å². The fourth-order valence-corrected chi connectivity index (χ4v) is 1.50. The lowest BCUT2D eigenvalue weighted by Gasteiger charge is -2.36. The Morgan fingerprint density at radius 3 is 2.64 bits per heavy atom. The smallest absolute Gasteiger partial charge is 0.0620 e. The van der Waals surface area contributed by atoms with Crippen LogP contribution in [0.25, 0.3) is 0 Å². The van der Waals surface area contributed by atoms with Crippen molar-refractivity contribution < 1.29 is 0 Å². The van der Waals surface area contributed by atoms with E-state index in [0.29, 0.717) is 18.1 Å². The first-order chi connectivity index (χ1) is 5.16. The van der Waals surface area contributed by atoms with E-state index in [4.69, 9.17) is 0 Å². The predicted octanol–water partition coefficient (Wildman–Crippen LogP) is 1.56. The van der Waals surface area contributed by atoms with E-state index >= 15 is 0 Å². The highest BCUT2D eigenvalue weighted by atomic mass is 15.2. The maximum Gasteiger partial charge on any atom is 0.0620 e. The van der Waals surface area contributed by atoms with Gasteiger partial charge in [0.2, 0.25) is 0 Å². The maximum absolute atomic E-state index is 4.45. The van der Waals surface area contributed by atoms with Gasteiger partial charge in [-0.05, 0) is 27.3 Å². The largest absolute Gasteiger partial charge is 0.294 e. The van der Waals surface area contributed by atoms with Crippen molar-refractivity contribution in [3.05, 3.63) is 0 Å². The van der Waals surface area contributed by atoms with Crippen LogP contribution in [0.3, 0.4) is 0 Å². The zero-order valence-electron chi connectivity index (χ0n) is 7.91. The zero-order valence-corrected chi connectivity index (χ0v) is 7.91. The van der Waals surface area contributed by atoms with Crippen LogP contribution in [0.5, 0.6) is 0 Å². The van der Waals surface area contributed by atoms with E-state index in [0.717, 1.165) is 6.42 Å². The summed E-state index contributed by atoms with van der Waals surface area (Å²) in [5.74, 6) is 0. The lowest BCUT2D eigenvalue weighted by atomic mass is 10.0. The number of aliphatic imine (C=N–C) groups is 1. The lowest BCUT2D eigenvalue weighted by Crippen LogP contribution is -2.47. The third-order valence-corrected chi connectivity index (χ3v) is 2.78. The molecular formula is C9H18N2. The van der Waals surface area contributed by atoms with Crippen LogP contribution < -0.4 is 0 Å². The fraction of sp³-hybridized carbons (Fsp3) is 0.889. The second kappa shape index (κ2) is 3.35. The number of hydrogen-bond acceptors (Lipinski definition) is 2. The lowest BCUT2D eigenvalue weighted by molar-refractivity contribution is 0.191. The second-order valence-electron chi connectivity index (χ2n) is 3.42. The van der Waals surface area contributed by atoms with Crippen molar-refractivity contribution in [2.75, 3.05) is 7.05 Å². The van der Waals surface area contributed by atoms with Gasteiger partial charge in [-0.25, -0.2) is 0 Å². The van der Waals surface area contributed by atoms with Crippen molar-refractivity contribution >= 4 is 6.21 Å². The van der Waals surface area contributed by atoms with Gasteiger partial charge < -0.3 is 0 Å². The summed E-state index contributed by atoms with van der Waals surface area (Å²) in [5, 5.41) is 0. The molecule has 11 heavy (non-hydrogen) atoms. The molecule has 1 rings (SSSR count). The Balaban J connectivity index is 2.68. The summed E-state index contributed by atoms with van der Waals surface area (Å²) in [7, 11) is 2.18. The molecule has 0 bridgehead atoms. The van der Waals surface area contributed by atoms with Gasteiger partial charge in [-0.2, -0.15) is 0 Å². The van der Waals surface area contributed by atoms with Crippen molar-refractivity contribution in [3.63, 3.8) is 0 Å². The van der Waals surface area contributed by atoms with Crippen LogP contribution in [0, 0.1) is 0 Å². The Morgan fingerprint density at radius 1 is 1.45 bits per heavy atom. The number of rotatable bonds is 1. The topological polar surface area (TPSA) is 15.6 Å². The summed E-state index contributed by atoms with van der Waals surface area (Å²) in [6, 6.07) is 1.61. The standard InChI is InChI=1S/C9H18N2/c1-5-9-6-10-7(2)8(3)11(9)4/h6-9H,5H2,1-4H3. The molecule has 0 radical (unpaired) electrons. The first kappa shape index (κ1) is 8.72. The van der Waals surface area contributed by atoms with E-state index in [-0.39, 0.29) is 0 Å². The van der Waals surface area contributed by atoms with Crippen molar-refractivity contribution in [3.8, 4) is 0 Å². The van der Waals surface area contributed by atoms with Gasteiger partial charge in [-0.3, -0.25) is 9.89 Å². The van der Waals surface area contributed by atoms with E-state index < -0.39 is 0 Å². The molecule has 0 aromatic carbocycles. The number of nitrogens with zero attached hydrogens (tertiary/aromatic N) is 2. The van der Waals surface area contributed by atoms with Crippen molar-refractivity contribution in [1.82, 2.24) is 4.90 Å². The summed E-state index contributed by atoms with van der Waals surface area (Å²) in [6.45, 7) is 6.61. The SMILES string of the molecule is CCC1C=NC(C)C(C)N1C. The molecule has 3 atom stereocenters. The van der Waals surface area contributed by atoms with E-state index in [1.165, 1.54) is 0 Å². The van der Waals surface area contributed by atoms with Crippen LogP contribution in [0.15, 0.2) is 4.99 Å². The molecule has 0 fully saturated rings. The van der Waals surface area contributed by atoms with Gasteiger partial charge in [-0.15, -0.1) is 0 Å². The van der Waals surface area contributed by atoms with E-state index in [2.05, 4.69) is 43.9 Å². The Bertz CT molecular complexity index is 154. The maximum atomic E-state index is 4.45. The van der Waals surface area contributed by atoms with Crippen LogP contribution in [0.2, 0.25) is 0 Å². The highest BCUT2D eigenvalue weighted by Gasteiger charge is 2.24. The minimum atomic E-state index is 0.461. The molecule has 0 N–H and O–H groups in total. The highest BCUT2D eigenvalue weighted by Crippen LogP contribution is 2.14. The molecule has 1 heterocycles. The molecule has 0 saturated carbocycles. The average Bonchev–Trinajstić information content (AvgIpc) is 2.01. The van der Waals surface area contributed by atoms with Gasteiger partial charge >= 0.3 is 0 Å². The van der Waals surface area contributed by atoms with E-state index in [1.807, 2.05) is 0 Å². The fourth-order valence-electron chi connectivity index (χ4n) is 1.50. The number of hydrogen-bond donors (Lipinski definition) is 0. The third kappa shape index (κ3) is 1.62. The van der Waals surface area contributed by atoms with Gasteiger partial charge in [0, 0.05) is 18.3 Å². The average molecular weight is 154 g/mol. The van der Waals surface area contributed by atoms with E-state index in [1.54, 1.807) is 0 Å². The molecule has 3 unspecified atom stereocenters. The summed E-state index contributed by atoms with van der Waals surface area (Å²) < 4.78 is 0. The normalized spacial score (nSPS) is 39.5. The van der Waals surface area contributed by atoms with Crippen LogP contribution in [0.4, 0.5) is 0 Å². The van der Waals surface area contributed by atoms with Crippen molar-refractivity contribution in [2.45, 2.75) is 45.3 Å². The molecule has 2 heteroatoms. The number of likely N-dealkylation sites (N-methyl/N-ethyl adjacent to an activating group) is 1. The summed E-state index contributed by atoms with van der Waals surface area (Å²) in [4.78, 5) is 6.85. The Hall–Kier alpha value is -0.370. The van der Waals surface area contributed by atoms with Gasteiger partial charge in [0.1, 0.15) is 0 Å². The molecular weight excluding hydrogens is 136 g/mol. The van der Waals surface area contributed by atoms with Gasteiger partial charge in [0.15, 0.2) is 0 Å². The van der Waals surface area contributed by atoms with Gasteiger partial charge in [0.05, 0.1) is 6.04 Å². The minimum Gasteiger partial charge on any atom is -0.294 e. The summed E-state index contributed by atoms with van der Waals surface area (Å²) >= 11 is 0. The van der Waals surface area contributed by atoms with E-state index in [9.17, 15) is 0 Å². The molecule has 0 aromatic rings. The molecule has 64 valence electrons. The summed E-state index contributed by atoms with van der Waals surface area (Å²) in [6.07, 6.45) is 3.25. The van der Waals surface area contributed by atoms with Crippen molar-refractivity contribution in [1.29, 1.82) is 0 Å². The van der Waals surface area contributed by atoms with Gasteiger partial charge in [-0.1, -0.05) is 6.92 Å². The Labute approximate surface area is 69.3 Å². The second-order valence-corrected chi connectivity index (χ2v) is 3.42. The van der Waals surface area contributed by atoms with Crippen LogP contribution in [0.1, 0.15) is 27.2 Å². The third-order valence-electron chi connectivity index (χ3n) is 2.78. The molecule has 0 spiro atoms. The molecule has 0 saturated heterocycles. The molecule has 0 aromatic heterocycles. The highest BCUT2D eigenvalue weighted by molar-refractivity contribution is 5.65.